The first-order chi connectivity index (χ1) is 11.8. The standard InChI is InChI=1S/C18H26N2O4/c21-18(24-14-15-5-2-1-3-6-15)20-8-10-23-17(13-20)12-19-11-16-7-4-9-22-16/h1-3,5-6,16-17,19H,4,7-14H2. The summed E-state index contributed by atoms with van der Waals surface area (Å²) in [6, 6.07) is 9.72. The molecule has 2 aliphatic heterocycles. The van der Waals surface area contributed by atoms with Crippen molar-refractivity contribution in [1.82, 2.24) is 10.2 Å². The Labute approximate surface area is 143 Å². The van der Waals surface area contributed by atoms with Crippen LogP contribution in [0.5, 0.6) is 0 Å². The maximum absolute atomic E-state index is 12.2. The maximum atomic E-state index is 12.2. The van der Waals surface area contributed by atoms with E-state index in [9.17, 15) is 4.79 Å². The summed E-state index contributed by atoms with van der Waals surface area (Å²) in [5, 5.41) is 3.39. The molecule has 2 fully saturated rings. The molecule has 1 aromatic rings. The van der Waals surface area contributed by atoms with Crippen LogP contribution in [0.1, 0.15) is 18.4 Å². The minimum Gasteiger partial charge on any atom is -0.445 e. The largest absolute Gasteiger partial charge is 0.445 e. The average molecular weight is 334 g/mol. The highest BCUT2D eigenvalue weighted by Gasteiger charge is 2.25. The van der Waals surface area contributed by atoms with Gasteiger partial charge in [0.15, 0.2) is 0 Å². The lowest BCUT2D eigenvalue weighted by Gasteiger charge is -2.32. The lowest BCUT2D eigenvalue weighted by atomic mass is 10.2. The molecule has 1 aromatic carbocycles. The Morgan fingerprint density at radius 1 is 1.17 bits per heavy atom. The predicted molar refractivity (Wildman–Crippen MR) is 89.8 cm³/mol. The Balaban J connectivity index is 1.37. The summed E-state index contributed by atoms with van der Waals surface area (Å²) in [4.78, 5) is 13.9. The van der Waals surface area contributed by atoms with Gasteiger partial charge in [0, 0.05) is 26.2 Å². The highest BCUT2D eigenvalue weighted by Crippen LogP contribution is 2.11. The van der Waals surface area contributed by atoms with E-state index in [-0.39, 0.29) is 12.2 Å². The highest BCUT2D eigenvalue weighted by molar-refractivity contribution is 5.67. The lowest BCUT2D eigenvalue weighted by Crippen LogP contribution is -2.49. The Hall–Kier alpha value is -1.63. The van der Waals surface area contributed by atoms with Crippen LogP contribution >= 0.6 is 0 Å². The van der Waals surface area contributed by atoms with Crippen molar-refractivity contribution < 1.29 is 19.0 Å². The second-order valence-electron chi connectivity index (χ2n) is 6.27. The fourth-order valence-electron chi connectivity index (χ4n) is 3.03. The van der Waals surface area contributed by atoms with Crippen LogP contribution in [0.4, 0.5) is 4.79 Å². The summed E-state index contributed by atoms with van der Waals surface area (Å²) in [6.45, 7) is 4.43. The molecule has 1 N–H and O–H groups in total. The van der Waals surface area contributed by atoms with Gasteiger partial charge >= 0.3 is 6.09 Å². The van der Waals surface area contributed by atoms with Gasteiger partial charge in [0.1, 0.15) is 6.61 Å². The first-order valence-corrected chi connectivity index (χ1v) is 8.71. The monoisotopic (exact) mass is 334 g/mol. The van der Waals surface area contributed by atoms with Crippen molar-refractivity contribution >= 4 is 6.09 Å². The number of rotatable bonds is 6. The van der Waals surface area contributed by atoms with Crippen molar-refractivity contribution in [2.45, 2.75) is 31.7 Å². The molecular weight excluding hydrogens is 308 g/mol. The number of ether oxygens (including phenoxy) is 3. The number of morpholine rings is 1. The average Bonchev–Trinajstić information content (AvgIpc) is 3.14. The van der Waals surface area contributed by atoms with Crippen molar-refractivity contribution in [2.75, 3.05) is 39.4 Å². The zero-order chi connectivity index (χ0) is 16.6. The number of hydrogen-bond acceptors (Lipinski definition) is 5. The van der Waals surface area contributed by atoms with Crippen molar-refractivity contribution in [3.8, 4) is 0 Å². The minimum absolute atomic E-state index is 0.00410. The number of nitrogens with zero attached hydrogens (tertiary/aromatic N) is 1. The van der Waals surface area contributed by atoms with Gasteiger partial charge < -0.3 is 24.4 Å². The first-order valence-electron chi connectivity index (χ1n) is 8.71. The van der Waals surface area contributed by atoms with Gasteiger partial charge in [-0.05, 0) is 18.4 Å². The van der Waals surface area contributed by atoms with Gasteiger partial charge in [-0.2, -0.15) is 0 Å². The predicted octanol–water partition coefficient (Wildman–Crippen LogP) is 1.79. The summed E-state index contributed by atoms with van der Waals surface area (Å²) in [7, 11) is 0. The van der Waals surface area contributed by atoms with Crippen molar-refractivity contribution in [3.05, 3.63) is 35.9 Å². The number of amides is 1. The lowest BCUT2D eigenvalue weighted by molar-refractivity contribution is -0.0280. The molecule has 6 nitrogen and oxygen atoms in total. The molecule has 0 saturated carbocycles. The third-order valence-electron chi connectivity index (χ3n) is 4.37. The summed E-state index contributed by atoms with van der Waals surface area (Å²) in [6.07, 6.45) is 2.32. The van der Waals surface area contributed by atoms with Crippen molar-refractivity contribution in [1.29, 1.82) is 0 Å². The number of carbonyl (C=O) groups is 1. The molecule has 3 rings (SSSR count). The molecule has 2 heterocycles. The zero-order valence-electron chi connectivity index (χ0n) is 14.0. The van der Waals surface area contributed by atoms with Gasteiger partial charge in [-0.1, -0.05) is 30.3 Å². The summed E-state index contributed by atoms with van der Waals surface area (Å²) in [5.74, 6) is 0. The summed E-state index contributed by atoms with van der Waals surface area (Å²) in [5.41, 5.74) is 0.994. The third kappa shape index (κ3) is 5.19. The molecule has 0 aliphatic carbocycles. The molecule has 6 heteroatoms. The van der Waals surface area contributed by atoms with E-state index in [2.05, 4.69) is 5.32 Å². The van der Waals surface area contributed by atoms with Gasteiger partial charge in [-0.15, -0.1) is 0 Å². The van der Waals surface area contributed by atoms with Crippen molar-refractivity contribution in [3.63, 3.8) is 0 Å². The minimum atomic E-state index is -0.272. The van der Waals surface area contributed by atoms with E-state index >= 15 is 0 Å². The van der Waals surface area contributed by atoms with Crippen LogP contribution in [0.25, 0.3) is 0 Å². The quantitative estimate of drug-likeness (QED) is 0.859. The Morgan fingerprint density at radius 3 is 2.75 bits per heavy atom. The number of carbonyl (C=O) groups excluding carboxylic acids is 1. The molecule has 0 bridgehead atoms. The smallest absolute Gasteiger partial charge is 0.410 e. The molecule has 0 radical (unpaired) electrons. The van der Waals surface area contributed by atoms with Crippen LogP contribution in [-0.2, 0) is 20.8 Å². The van der Waals surface area contributed by atoms with E-state index in [4.69, 9.17) is 14.2 Å². The fourth-order valence-corrected chi connectivity index (χ4v) is 3.03. The molecule has 0 spiro atoms. The Morgan fingerprint density at radius 2 is 1.96 bits per heavy atom. The van der Waals surface area contributed by atoms with E-state index in [1.807, 2.05) is 30.3 Å². The molecule has 24 heavy (non-hydrogen) atoms. The molecular formula is C18H26N2O4. The van der Waals surface area contributed by atoms with Gasteiger partial charge in [0.05, 0.1) is 25.4 Å². The van der Waals surface area contributed by atoms with Crippen LogP contribution in [-0.4, -0.2) is 62.6 Å². The second kappa shape index (κ2) is 9.01. The number of nitrogens with one attached hydrogen (secondary N) is 1. The van der Waals surface area contributed by atoms with Gasteiger partial charge in [-0.3, -0.25) is 0 Å². The van der Waals surface area contributed by atoms with Crippen LogP contribution < -0.4 is 5.32 Å². The number of benzene rings is 1. The first kappa shape index (κ1) is 17.2. The van der Waals surface area contributed by atoms with Crippen LogP contribution in [0.3, 0.4) is 0 Å². The number of hydrogen-bond donors (Lipinski definition) is 1. The second-order valence-corrected chi connectivity index (χ2v) is 6.27. The van der Waals surface area contributed by atoms with Crippen LogP contribution in [0.15, 0.2) is 30.3 Å². The topological polar surface area (TPSA) is 60.0 Å². The molecule has 1 amide bonds. The Bertz CT molecular complexity index is 505. The molecule has 2 aliphatic rings. The molecule has 0 aromatic heterocycles. The van der Waals surface area contributed by atoms with Gasteiger partial charge in [0.25, 0.3) is 0 Å². The van der Waals surface area contributed by atoms with E-state index in [1.165, 1.54) is 0 Å². The van der Waals surface area contributed by atoms with E-state index in [0.29, 0.717) is 32.4 Å². The third-order valence-corrected chi connectivity index (χ3v) is 4.37. The van der Waals surface area contributed by atoms with E-state index < -0.39 is 0 Å². The fraction of sp³-hybridized carbons (Fsp3) is 0.611. The molecule has 2 saturated heterocycles. The normalized spacial score (nSPS) is 24.1. The van der Waals surface area contributed by atoms with E-state index in [1.54, 1.807) is 4.90 Å². The molecule has 2 unspecified atom stereocenters. The zero-order valence-corrected chi connectivity index (χ0v) is 14.0. The van der Waals surface area contributed by atoms with Crippen LogP contribution in [0.2, 0.25) is 0 Å². The SMILES string of the molecule is O=C(OCc1ccccc1)N1CCOC(CNCC2CCCO2)C1. The molecule has 132 valence electrons. The summed E-state index contributed by atoms with van der Waals surface area (Å²) >= 11 is 0. The maximum Gasteiger partial charge on any atom is 0.410 e. The van der Waals surface area contributed by atoms with E-state index in [0.717, 1.165) is 38.1 Å². The van der Waals surface area contributed by atoms with Gasteiger partial charge in [0.2, 0.25) is 0 Å². The van der Waals surface area contributed by atoms with Crippen LogP contribution in [0, 0.1) is 0 Å². The van der Waals surface area contributed by atoms with Gasteiger partial charge in [-0.25, -0.2) is 4.79 Å². The highest BCUT2D eigenvalue weighted by atomic mass is 16.6. The Kier molecular flexibility index (Phi) is 6.46. The summed E-state index contributed by atoms with van der Waals surface area (Å²) < 4.78 is 16.7. The molecule has 2 atom stereocenters. The van der Waals surface area contributed by atoms with Crippen molar-refractivity contribution in [2.24, 2.45) is 0 Å².